The molecule has 0 aliphatic heterocycles. The fourth-order valence-corrected chi connectivity index (χ4v) is 5.15. The number of para-hydroxylation sites is 1. The van der Waals surface area contributed by atoms with Gasteiger partial charge in [0.25, 0.3) is 0 Å². The predicted octanol–water partition coefficient (Wildman–Crippen LogP) is 9.56. The van der Waals surface area contributed by atoms with Crippen molar-refractivity contribution in [3.05, 3.63) is 66.2 Å². The molecule has 2 aromatic heterocycles. The van der Waals surface area contributed by atoms with E-state index in [9.17, 15) is 4.79 Å². The Morgan fingerprint density at radius 2 is 1.50 bits per heavy atom. The zero-order valence-electron chi connectivity index (χ0n) is 24.1. The Labute approximate surface area is 239 Å². The average molecular weight is 543 g/mol. The molecule has 6 heteroatoms. The van der Waals surface area contributed by atoms with Crippen LogP contribution in [0.15, 0.2) is 60.7 Å². The molecule has 2 aromatic carbocycles. The van der Waals surface area contributed by atoms with Gasteiger partial charge in [0.15, 0.2) is 0 Å². The van der Waals surface area contributed by atoms with Crippen LogP contribution < -0.4 is 10.1 Å². The number of hydrogen-bond donors (Lipinski definition) is 3. The van der Waals surface area contributed by atoms with E-state index in [1.165, 1.54) is 70.6 Å². The lowest BCUT2D eigenvalue weighted by Crippen LogP contribution is -2.11. The van der Waals surface area contributed by atoms with Crippen LogP contribution in [-0.4, -0.2) is 21.1 Å². The maximum Gasteiger partial charge on any atom is 0.224 e. The lowest BCUT2D eigenvalue weighted by Gasteiger charge is -2.08. The summed E-state index contributed by atoms with van der Waals surface area (Å²) in [5.41, 5.74) is 4.63. The van der Waals surface area contributed by atoms with E-state index in [0.717, 1.165) is 46.4 Å². The second-order valence-corrected chi connectivity index (χ2v) is 10.9. The van der Waals surface area contributed by atoms with Crippen LogP contribution in [0.2, 0.25) is 0 Å². The van der Waals surface area contributed by atoms with Crippen LogP contribution in [0.4, 0.5) is 5.69 Å². The van der Waals surface area contributed by atoms with Crippen molar-refractivity contribution in [2.45, 2.75) is 103 Å². The van der Waals surface area contributed by atoms with Crippen molar-refractivity contribution >= 4 is 22.5 Å². The Hall–Kier alpha value is -3.54. The van der Waals surface area contributed by atoms with Crippen LogP contribution >= 0.6 is 0 Å². The van der Waals surface area contributed by atoms with Crippen LogP contribution in [0.3, 0.4) is 0 Å². The zero-order valence-corrected chi connectivity index (χ0v) is 24.1. The maximum absolute atomic E-state index is 12.4. The highest BCUT2D eigenvalue weighted by molar-refractivity contribution is 5.90. The summed E-state index contributed by atoms with van der Waals surface area (Å²) in [4.78, 5) is 15.8. The minimum Gasteiger partial charge on any atom is -0.473 e. The smallest absolute Gasteiger partial charge is 0.224 e. The third-order valence-electron chi connectivity index (χ3n) is 7.47. The van der Waals surface area contributed by atoms with Gasteiger partial charge in [-0.05, 0) is 36.2 Å². The van der Waals surface area contributed by atoms with Gasteiger partial charge in [-0.3, -0.25) is 4.79 Å². The second-order valence-electron chi connectivity index (χ2n) is 10.9. The Kier molecular flexibility index (Phi) is 12.2. The summed E-state index contributed by atoms with van der Waals surface area (Å²) in [6, 6.07) is 20.0. The summed E-state index contributed by atoms with van der Waals surface area (Å²) >= 11 is 0. The van der Waals surface area contributed by atoms with Crippen molar-refractivity contribution in [2.75, 3.05) is 5.32 Å². The topological polar surface area (TPSA) is 82.8 Å². The summed E-state index contributed by atoms with van der Waals surface area (Å²) < 4.78 is 5.94. The number of benzene rings is 2. The number of aromatic amines is 2. The molecule has 0 aliphatic rings. The average Bonchev–Trinajstić information content (AvgIpc) is 3.62. The number of aromatic nitrogens is 3. The van der Waals surface area contributed by atoms with E-state index in [-0.39, 0.29) is 5.91 Å². The zero-order chi connectivity index (χ0) is 27.8. The summed E-state index contributed by atoms with van der Waals surface area (Å²) in [7, 11) is 0. The molecular formula is C34H46N4O2. The molecule has 1 amide bonds. The molecule has 2 heterocycles. The number of fused-ring (bicyclic) bond motifs is 1. The molecule has 40 heavy (non-hydrogen) atoms. The van der Waals surface area contributed by atoms with Crippen LogP contribution in [0.1, 0.15) is 102 Å². The third kappa shape index (κ3) is 9.89. The Bertz CT molecular complexity index is 1260. The Morgan fingerprint density at radius 1 is 0.800 bits per heavy atom. The largest absolute Gasteiger partial charge is 0.473 e. The molecule has 0 spiro atoms. The molecule has 0 fully saturated rings. The molecule has 0 radical (unpaired) electrons. The van der Waals surface area contributed by atoms with Gasteiger partial charge in [-0.25, -0.2) is 5.10 Å². The highest BCUT2D eigenvalue weighted by Gasteiger charge is 2.09. The molecular weight excluding hydrogens is 496 g/mol. The maximum atomic E-state index is 12.4. The Balaban J connectivity index is 1.08. The standard InChI is InChI=1S/C34H46N4O2/c1-2-3-4-5-6-7-8-9-10-11-12-13-14-22-33(39)35-29-20-17-18-27(23-29)26-40-34-25-32(37-38-34)31-24-28-19-15-16-21-30(28)36-31/h15-21,23-25,36H,2-14,22,26H2,1H3,(H,35,39)(H,37,38). The van der Waals surface area contributed by atoms with Gasteiger partial charge in [-0.15, -0.1) is 0 Å². The lowest BCUT2D eigenvalue weighted by atomic mass is 10.0. The highest BCUT2D eigenvalue weighted by atomic mass is 16.5. The van der Waals surface area contributed by atoms with Gasteiger partial charge in [-0.1, -0.05) is 114 Å². The third-order valence-corrected chi connectivity index (χ3v) is 7.47. The van der Waals surface area contributed by atoms with Gasteiger partial charge in [0.2, 0.25) is 11.8 Å². The quantitative estimate of drug-likeness (QED) is 0.103. The van der Waals surface area contributed by atoms with Gasteiger partial charge in [0.05, 0.1) is 5.69 Å². The van der Waals surface area contributed by atoms with Crippen molar-refractivity contribution < 1.29 is 9.53 Å². The SMILES string of the molecule is CCCCCCCCCCCCCCCC(=O)Nc1cccc(COc2cc(-c3cc4ccccc4[nH]3)n[nH]2)c1. The predicted molar refractivity (Wildman–Crippen MR) is 166 cm³/mol. The van der Waals surface area contributed by atoms with E-state index in [0.29, 0.717) is 18.9 Å². The van der Waals surface area contributed by atoms with Gasteiger partial charge in [-0.2, -0.15) is 5.10 Å². The molecule has 4 aromatic rings. The van der Waals surface area contributed by atoms with Crippen LogP contribution in [0.25, 0.3) is 22.3 Å². The molecule has 214 valence electrons. The molecule has 6 nitrogen and oxygen atoms in total. The van der Waals surface area contributed by atoms with Gasteiger partial charge >= 0.3 is 0 Å². The summed E-state index contributed by atoms with van der Waals surface area (Å²) in [6.07, 6.45) is 17.6. The number of unbranched alkanes of at least 4 members (excludes halogenated alkanes) is 12. The number of ether oxygens (including phenoxy) is 1. The van der Waals surface area contributed by atoms with Gasteiger partial charge in [0.1, 0.15) is 12.3 Å². The number of amides is 1. The first-order valence-corrected chi connectivity index (χ1v) is 15.4. The second kappa shape index (κ2) is 16.5. The minimum atomic E-state index is 0.0812. The number of H-pyrrole nitrogens is 2. The Morgan fingerprint density at radius 3 is 2.23 bits per heavy atom. The number of carbonyl (C=O) groups is 1. The number of nitrogens with zero attached hydrogens (tertiary/aromatic N) is 1. The summed E-state index contributed by atoms with van der Waals surface area (Å²) in [5, 5.41) is 11.5. The van der Waals surface area contributed by atoms with E-state index >= 15 is 0 Å². The van der Waals surface area contributed by atoms with E-state index in [1.807, 2.05) is 48.5 Å². The number of rotatable bonds is 19. The highest BCUT2D eigenvalue weighted by Crippen LogP contribution is 2.25. The fourth-order valence-electron chi connectivity index (χ4n) is 5.15. The minimum absolute atomic E-state index is 0.0812. The molecule has 0 saturated carbocycles. The number of hydrogen-bond acceptors (Lipinski definition) is 3. The van der Waals surface area contributed by atoms with Gasteiger partial charge in [0, 0.05) is 29.1 Å². The lowest BCUT2D eigenvalue weighted by molar-refractivity contribution is -0.116. The molecule has 0 aliphatic carbocycles. The van der Waals surface area contributed by atoms with Crippen LogP contribution in [0.5, 0.6) is 5.88 Å². The monoisotopic (exact) mass is 542 g/mol. The number of carbonyl (C=O) groups excluding carboxylic acids is 1. The van der Waals surface area contributed by atoms with Gasteiger partial charge < -0.3 is 15.0 Å². The molecule has 4 rings (SSSR count). The van der Waals surface area contributed by atoms with E-state index in [4.69, 9.17) is 4.74 Å². The molecule has 0 saturated heterocycles. The molecule has 0 unspecified atom stereocenters. The van der Waals surface area contributed by atoms with Crippen molar-refractivity contribution in [3.8, 4) is 17.3 Å². The number of anilines is 1. The van der Waals surface area contributed by atoms with Crippen molar-refractivity contribution in [3.63, 3.8) is 0 Å². The summed E-state index contributed by atoms with van der Waals surface area (Å²) in [6.45, 7) is 2.66. The summed E-state index contributed by atoms with van der Waals surface area (Å²) in [5.74, 6) is 0.684. The normalized spacial score (nSPS) is 11.2. The van der Waals surface area contributed by atoms with E-state index in [2.05, 4.69) is 39.6 Å². The first kappa shape index (κ1) is 29.4. The van der Waals surface area contributed by atoms with E-state index < -0.39 is 0 Å². The van der Waals surface area contributed by atoms with Crippen molar-refractivity contribution in [1.82, 2.24) is 15.2 Å². The first-order chi connectivity index (χ1) is 19.7. The van der Waals surface area contributed by atoms with Crippen LogP contribution in [0, 0.1) is 0 Å². The van der Waals surface area contributed by atoms with Crippen molar-refractivity contribution in [2.24, 2.45) is 0 Å². The first-order valence-electron chi connectivity index (χ1n) is 15.4. The fraction of sp³-hybridized carbons (Fsp3) is 0.471. The molecule has 0 bridgehead atoms. The van der Waals surface area contributed by atoms with E-state index in [1.54, 1.807) is 0 Å². The molecule has 0 atom stereocenters. The van der Waals surface area contributed by atoms with Crippen LogP contribution in [-0.2, 0) is 11.4 Å². The molecule has 3 N–H and O–H groups in total. The van der Waals surface area contributed by atoms with Crippen molar-refractivity contribution in [1.29, 1.82) is 0 Å². The number of nitrogens with one attached hydrogen (secondary N) is 3.